The molecule has 0 N–H and O–H groups in total. The highest BCUT2D eigenvalue weighted by Crippen LogP contribution is 2.22. The van der Waals surface area contributed by atoms with Crippen LogP contribution in [0.15, 0.2) is 36.7 Å². The van der Waals surface area contributed by atoms with Gasteiger partial charge in [0.15, 0.2) is 0 Å². The van der Waals surface area contributed by atoms with E-state index in [1.807, 2.05) is 0 Å². The second-order valence-corrected chi connectivity index (χ2v) is 3.25. The highest BCUT2D eigenvalue weighted by Gasteiger charge is 2.08. The summed E-state index contributed by atoms with van der Waals surface area (Å²) in [7, 11) is 1.53. The molecule has 17 heavy (non-hydrogen) atoms. The highest BCUT2D eigenvalue weighted by atomic mass is 16.6. The van der Waals surface area contributed by atoms with Gasteiger partial charge in [0.1, 0.15) is 6.20 Å². The average Bonchev–Trinajstić information content (AvgIpc) is 2.39. The molecule has 0 saturated heterocycles. The molecule has 0 spiro atoms. The molecule has 2 aromatic rings. The van der Waals surface area contributed by atoms with Crippen molar-refractivity contribution in [2.75, 3.05) is 7.11 Å². The SMILES string of the molecule is COc1cc(-c2ccc([N+](=O)[O-])nc2)ccn1. The van der Waals surface area contributed by atoms with Gasteiger partial charge in [0.2, 0.25) is 5.88 Å². The van der Waals surface area contributed by atoms with E-state index in [1.165, 1.54) is 19.4 Å². The van der Waals surface area contributed by atoms with E-state index < -0.39 is 4.92 Å². The monoisotopic (exact) mass is 231 g/mol. The molecule has 2 heterocycles. The van der Waals surface area contributed by atoms with Crippen molar-refractivity contribution in [2.24, 2.45) is 0 Å². The topological polar surface area (TPSA) is 78.2 Å². The lowest BCUT2D eigenvalue weighted by atomic mass is 10.1. The van der Waals surface area contributed by atoms with Gasteiger partial charge >= 0.3 is 5.82 Å². The standard InChI is InChI=1S/C11H9N3O3/c1-17-11-6-8(4-5-12-11)9-2-3-10(13-7-9)14(15)16/h2-7H,1H3. The van der Waals surface area contributed by atoms with Gasteiger partial charge in [0.05, 0.1) is 7.11 Å². The molecule has 0 amide bonds. The van der Waals surface area contributed by atoms with Crippen LogP contribution in [-0.4, -0.2) is 22.0 Å². The minimum absolute atomic E-state index is 0.172. The lowest BCUT2D eigenvalue weighted by Crippen LogP contribution is -1.92. The number of pyridine rings is 2. The molecule has 0 aliphatic carbocycles. The van der Waals surface area contributed by atoms with E-state index in [1.54, 1.807) is 24.4 Å². The smallest absolute Gasteiger partial charge is 0.363 e. The largest absolute Gasteiger partial charge is 0.481 e. The summed E-state index contributed by atoms with van der Waals surface area (Å²) in [5.41, 5.74) is 1.62. The highest BCUT2D eigenvalue weighted by molar-refractivity contribution is 5.63. The van der Waals surface area contributed by atoms with E-state index in [-0.39, 0.29) is 5.82 Å². The molecule has 0 unspecified atom stereocenters. The molecule has 0 fully saturated rings. The normalized spacial score (nSPS) is 9.94. The van der Waals surface area contributed by atoms with Crippen molar-refractivity contribution >= 4 is 5.82 Å². The van der Waals surface area contributed by atoms with Crippen molar-refractivity contribution in [1.82, 2.24) is 9.97 Å². The molecule has 0 saturated carbocycles. The van der Waals surface area contributed by atoms with Crippen LogP contribution in [-0.2, 0) is 0 Å². The summed E-state index contributed by atoms with van der Waals surface area (Å²) in [6.07, 6.45) is 3.06. The number of hydrogen-bond donors (Lipinski definition) is 0. The fourth-order valence-corrected chi connectivity index (χ4v) is 1.37. The number of rotatable bonds is 3. The molecule has 0 aliphatic rings. The molecule has 6 nitrogen and oxygen atoms in total. The molecule has 0 aliphatic heterocycles. The van der Waals surface area contributed by atoms with Crippen LogP contribution < -0.4 is 4.74 Å². The number of nitro groups is 1. The second-order valence-electron chi connectivity index (χ2n) is 3.25. The Hall–Kier alpha value is -2.50. The second kappa shape index (κ2) is 4.56. The predicted molar refractivity (Wildman–Crippen MR) is 60.7 cm³/mol. The van der Waals surface area contributed by atoms with Gasteiger partial charge in [-0.25, -0.2) is 4.98 Å². The molecule has 0 bridgehead atoms. The first-order valence-corrected chi connectivity index (χ1v) is 4.81. The molecular formula is C11H9N3O3. The summed E-state index contributed by atoms with van der Waals surface area (Å²) >= 11 is 0. The number of hydrogen-bond acceptors (Lipinski definition) is 5. The van der Waals surface area contributed by atoms with Crippen molar-refractivity contribution in [2.45, 2.75) is 0 Å². The van der Waals surface area contributed by atoms with Crippen LogP contribution in [0.1, 0.15) is 0 Å². The lowest BCUT2D eigenvalue weighted by molar-refractivity contribution is -0.389. The van der Waals surface area contributed by atoms with Crippen LogP contribution in [0.25, 0.3) is 11.1 Å². The number of methoxy groups -OCH3 is 1. The van der Waals surface area contributed by atoms with Gasteiger partial charge < -0.3 is 14.9 Å². The number of ether oxygens (including phenoxy) is 1. The maximum Gasteiger partial charge on any atom is 0.363 e. The maximum absolute atomic E-state index is 10.5. The zero-order chi connectivity index (χ0) is 12.3. The Kier molecular flexibility index (Phi) is 2.95. The van der Waals surface area contributed by atoms with E-state index in [4.69, 9.17) is 4.74 Å². The number of nitrogens with zero attached hydrogens (tertiary/aromatic N) is 3. The van der Waals surface area contributed by atoms with Gasteiger partial charge in [0.25, 0.3) is 0 Å². The van der Waals surface area contributed by atoms with E-state index in [2.05, 4.69) is 9.97 Å². The Morgan fingerprint density at radius 3 is 2.65 bits per heavy atom. The van der Waals surface area contributed by atoms with E-state index in [0.717, 1.165) is 11.1 Å². The summed E-state index contributed by atoms with van der Waals surface area (Å²) < 4.78 is 5.00. The fraction of sp³-hybridized carbons (Fsp3) is 0.0909. The summed E-state index contributed by atoms with van der Waals surface area (Å²) in [6, 6.07) is 6.52. The molecule has 6 heteroatoms. The minimum atomic E-state index is -0.531. The van der Waals surface area contributed by atoms with Gasteiger partial charge in [-0.2, -0.15) is 0 Å². The van der Waals surface area contributed by atoms with Gasteiger partial charge in [-0.05, 0) is 27.6 Å². The third-order valence-electron chi connectivity index (χ3n) is 2.21. The molecule has 0 radical (unpaired) electrons. The molecule has 0 aromatic carbocycles. The zero-order valence-corrected chi connectivity index (χ0v) is 9.03. The van der Waals surface area contributed by atoms with E-state index >= 15 is 0 Å². The lowest BCUT2D eigenvalue weighted by Gasteiger charge is -2.02. The van der Waals surface area contributed by atoms with Crippen LogP contribution in [0, 0.1) is 10.1 Å². The molecular weight excluding hydrogens is 222 g/mol. The average molecular weight is 231 g/mol. The first kappa shape index (κ1) is 11.0. The third-order valence-corrected chi connectivity index (χ3v) is 2.21. The van der Waals surface area contributed by atoms with Gasteiger partial charge in [0, 0.05) is 23.9 Å². The van der Waals surface area contributed by atoms with Crippen LogP contribution in [0.3, 0.4) is 0 Å². The Bertz CT molecular complexity index is 540. The van der Waals surface area contributed by atoms with Crippen LogP contribution in [0.4, 0.5) is 5.82 Å². The third kappa shape index (κ3) is 2.36. The molecule has 2 rings (SSSR count). The Balaban J connectivity index is 2.36. The summed E-state index contributed by atoms with van der Waals surface area (Å²) in [4.78, 5) is 17.7. The van der Waals surface area contributed by atoms with Crippen molar-refractivity contribution in [3.8, 4) is 17.0 Å². The Morgan fingerprint density at radius 2 is 2.06 bits per heavy atom. The summed E-state index contributed by atoms with van der Waals surface area (Å²) in [5, 5.41) is 10.5. The van der Waals surface area contributed by atoms with E-state index in [0.29, 0.717) is 5.88 Å². The molecule has 86 valence electrons. The van der Waals surface area contributed by atoms with Crippen molar-refractivity contribution in [1.29, 1.82) is 0 Å². The Labute approximate surface area is 97.1 Å². The van der Waals surface area contributed by atoms with Crippen LogP contribution in [0.2, 0.25) is 0 Å². The van der Waals surface area contributed by atoms with E-state index in [9.17, 15) is 10.1 Å². The van der Waals surface area contributed by atoms with Crippen LogP contribution in [0.5, 0.6) is 5.88 Å². The summed E-state index contributed by atoms with van der Waals surface area (Å²) in [6.45, 7) is 0. The van der Waals surface area contributed by atoms with Gasteiger partial charge in [-0.3, -0.25) is 0 Å². The van der Waals surface area contributed by atoms with Crippen molar-refractivity contribution in [3.63, 3.8) is 0 Å². The van der Waals surface area contributed by atoms with Gasteiger partial charge in [-0.1, -0.05) is 0 Å². The van der Waals surface area contributed by atoms with Gasteiger partial charge in [-0.15, -0.1) is 0 Å². The Morgan fingerprint density at radius 1 is 1.24 bits per heavy atom. The first-order valence-electron chi connectivity index (χ1n) is 4.81. The minimum Gasteiger partial charge on any atom is -0.481 e. The molecule has 0 atom stereocenters. The zero-order valence-electron chi connectivity index (χ0n) is 9.03. The van der Waals surface area contributed by atoms with Crippen molar-refractivity contribution < 1.29 is 9.66 Å². The van der Waals surface area contributed by atoms with Crippen LogP contribution >= 0.6 is 0 Å². The first-order chi connectivity index (χ1) is 8.20. The van der Waals surface area contributed by atoms with Crippen molar-refractivity contribution in [3.05, 3.63) is 46.8 Å². The predicted octanol–water partition coefficient (Wildman–Crippen LogP) is 2.06. The molecule has 2 aromatic heterocycles. The summed E-state index contributed by atoms with van der Waals surface area (Å²) in [5.74, 6) is 0.315. The fourth-order valence-electron chi connectivity index (χ4n) is 1.37. The quantitative estimate of drug-likeness (QED) is 0.596. The number of aromatic nitrogens is 2. The maximum atomic E-state index is 10.5.